The van der Waals surface area contributed by atoms with Crippen LogP contribution in [0.15, 0.2) is 34.3 Å². The predicted molar refractivity (Wildman–Crippen MR) is 197 cm³/mol. The minimum absolute atomic E-state index is 0.185. The highest BCUT2D eigenvalue weighted by atomic mass is 16.6. The first kappa shape index (κ1) is 40.9. The fourth-order valence-corrected chi connectivity index (χ4v) is 6.28. The van der Waals surface area contributed by atoms with Crippen LogP contribution in [0.2, 0.25) is 0 Å². The first-order valence-corrected chi connectivity index (χ1v) is 17.9. The quantitative estimate of drug-likeness (QED) is 0.176. The number of para-hydroxylation sites is 1. The molecule has 0 aromatic heterocycles. The van der Waals surface area contributed by atoms with Gasteiger partial charge in [0.15, 0.2) is 0 Å². The Labute approximate surface area is 303 Å². The number of amides is 3. The van der Waals surface area contributed by atoms with Crippen molar-refractivity contribution in [1.82, 2.24) is 31.1 Å². The van der Waals surface area contributed by atoms with Gasteiger partial charge >= 0.3 is 6.09 Å². The summed E-state index contributed by atoms with van der Waals surface area (Å²) in [5.41, 5.74) is -1.71. The molecule has 0 saturated carbocycles. The van der Waals surface area contributed by atoms with Crippen LogP contribution >= 0.6 is 0 Å². The molecule has 0 unspecified atom stereocenters. The molecular weight excluding hydrogens is 648 g/mol. The van der Waals surface area contributed by atoms with Crippen LogP contribution < -0.4 is 26.0 Å². The van der Waals surface area contributed by atoms with E-state index in [9.17, 15) is 24.9 Å². The Morgan fingerprint density at radius 3 is 2.12 bits per heavy atom. The third-order valence-electron chi connectivity index (χ3n) is 9.39. The summed E-state index contributed by atoms with van der Waals surface area (Å²) < 4.78 is 5.64. The molecule has 0 aliphatic carbocycles. The highest BCUT2D eigenvalue weighted by Crippen LogP contribution is 2.26. The topological polar surface area (TPSA) is 187 Å². The third kappa shape index (κ3) is 12.0. The molecule has 2 atom stereocenters. The lowest BCUT2D eigenvalue weighted by Gasteiger charge is -2.38. The van der Waals surface area contributed by atoms with Crippen molar-refractivity contribution in [3.8, 4) is 17.9 Å². The van der Waals surface area contributed by atoms with E-state index in [2.05, 4.69) is 60.1 Å². The number of carbonyl (C=O) groups excluding carboxylic acids is 3. The normalized spacial score (nSPS) is 19.2. The van der Waals surface area contributed by atoms with Crippen LogP contribution in [-0.4, -0.2) is 110 Å². The third-order valence-corrected chi connectivity index (χ3v) is 9.39. The highest BCUT2D eigenvalue weighted by Gasteiger charge is 2.39. The van der Waals surface area contributed by atoms with Gasteiger partial charge < -0.3 is 30.5 Å². The van der Waals surface area contributed by atoms with Gasteiger partial charge in [-0.2, -0.15) is 10.5 Å². The number of piperidine rings is 2. The number of nitriles is 2. The second kappa shape index (κ2) is 18.6. The second-order valence-corrected chi connectivity index (χ2v) is 14.8. The summed E-state index contributed by atoms with van der Waals surface area (Å²) >= 11 is 0. The average molecular weight is 705 g/mol. The zero-order valence-electron chi connectivity index (χ0n) is 31.3. The number of carbonyl (C=O) groups is 3. The Morgan fingerprint density at radius 2 is 1.57 bits per heavy atom. The molecule has 0 spiro atoms. The predicted octanol–water partition coefficient (Wildman–Crippen LogP) is 3.34. The van der Waals surface area contributed by atoms with E-state index in [4.69, 9.17) is 4.74 Å². The van der Waals surface area contributed by atoms with Crippen molar-refractivity contribution in [3.05, 3.63) is 29.8 Å². The Balaban J connectivity index is 1.68. The van der Waals surface area contributed by atoms with Gasteiger partial charge in [-0.05, 0) is 76.1 Å². The molecule has 4 N–H and O–H groups in total. The van der Waals surface area contributed by atoms with E-state index in [-0.39, 0.29) is 23.0 Å². The SMILES string of the molecule is CCCN1CCC(C#N)(NC(=O)[C@H](CC(C)(C)C)N=CNC(=O)Oc2ccccc2C(=NC)N[C@@H](CC)C(=O)NC2(C#N)CCN(C)CC2)CC1. The van der Waals surface area contributed by atoms with Crippen LogP contribution in [0.4, 0.5) is 4.79 Å². The van der Waals surface area contributed by atoms with Crippen LogP contribution in [0.25, 0.3) is 0 Å². The van der Waals surface area contributed by atoms with Crippen molar-refractivity contribution in [2.75, 3.05) is 46.8 Å². The van der Waals surface area contributed by atoms with Crippen molar-refractivity contribution in [2.45, 2.75) is 103 Å². The summed E-state index contributed by atoms with van der Waals surface area (Å²) in [4.78, 5) is 53.0. The summed E-state index contributed by atoms with van der Waals surface area (Å²) in [6.45, 7) is 13.8. The number of nitrogens with one attached hydrogen (secondary N) is 4. The number of likely N-dealkylation sites (tertiary alicyclic amines) is 2. The van der Waals surface area contributed by atoms with Crippen molar-refractivity contribution in [1.29, 1.82) is 10.5 Å². The lowest BCUT2D eigenvalue weighted by Crippen LogP contribution is -2.58. The summed E-state index contributed by atoms with van der Waals surface area (Å²) in [6, 6.07) is 9.90. The standard InChI is InChI=1S/C37H56N10O4/c1-8-18-47-21-16-37(25-39,17-22-47)45-33(49)29(23-35(3,4)5)41-26-42-34(50)51-30-13-11-10-12-27(30)31(40-6)43-28(9-2)32(48)44-36(24-38)14-19-46(7)20-15-36/h10-13,26,28-29H,8-9,14-23H2,1-7H3,(H,40,43)(H,44,48)(H,45,49)(H,41,42,50)/t28-,29-/m0/s1. The molecule has 2 saturated heterocycles. The molecule has 0 radical (unpaired) electrons. The molecule has 0 bridgehead atoms. The molecular formula is C37H56N10O4. The van der Waals surface area contributed by atoms with Gasteiger partial charge in [0.1, 0.15) is 34.7 Å². The van der Waals surface area contributed by atoms with E-state index < -0.39 is 29.3 Å². The fourth-order valence-electron chi connectivity index (χ4n) is 6.28. The number of benzene rings is 1. The molecule has 1 aromatic carbocycles. The van der Waals surface area contributed by atoms with Gasteiger partial charge in [-0.1, -0.05) is 46.8 Å². The minimum atomic E-state index is -0.961. The number of rotatable bonds is 13. The summed E-state index contributed by atoms with van der Waals surface area (Å²) in [6.07, 6.45) is 4.29. The number of amidine groups is 1. The Hall–Kier alpha value is -4.53. The van der Waals surface area contributed by atoms with Gasteiger partial charge in [0.2, 0.25) is 11.8 Å². The summed E-state index contributed by atoms with van der Waals surface area (Å²) in [7, 11) is 3.55. The molecule has 2 aliphatic rings. The number of hydrogen-bond acceptors (Lipinski definition) is 10. The lowest BCUT2D eigenvalue weighted by molar-refractivity contribution is -0.125. The maximum absolute atomic E-state index is 13.5. The zero-order valence-corrected chi connectivity index (χ0v) is 31.3. The maximum Gasteiger partial charge on any atom is 0.417 e. The van der Waals surface area contributed by atoms with E-state index in [0.29, 0.717) is 63.0 Å². The van der Waals surface area contributed by atoms with Gasteiger partial charge in [0.25, 0.3) is 0 Å². The zero-order chi connectivity index (χ0) is 37.7. The molecule has 14 heteroatoms. The van der Waals surface area contributed by atoms with E-state index in [0.717, 1.165) is 32.4 Å². The maximum atomic E-state index is 13.5. The van der Waals surface area contributed by atoms with E-state index in [1.807, 2.05) is 34.7 Å². The van der Waals surface area contributed by atoms with Crippen LogP contribution in [-0.2, 0) is 9.59 Å². The van der Waals surface area contributed by atoms with Crippen molar-refractivity contribution >= 4 is 30.1 Å². The number of nitrogens with zero attached hydrogens (tertiary/aromatic N) is 6. The van der Waals surface area contributed by atoms with Gasteiger partial charge in [-0.3, -0.25) is 24.9 Å². The Kier molecular flexibility index (Phi) is 14.9. The van der Waals surface area contributed by atoms with Gasteiger partial charge in [0, 0.05) is 33.2 Å². The van der Waals surface area contributed by atoms with Crippen molar-refractivity contribution in [2.24, 2.45) is 15.4 Å². The van der Waals surface area contributed by atoms with Crippen molar-refractivity contribution < 1.29 is 19.1 Å². The van der Waals surface area contributed by atoms with Gasteiger partial charge in [0.05, 0.1) is 24.0 Å². The molecule has 3 rings (SSSR count). The smallest absolute Gasteiger partial charge is 0.409 e. The summed E-state index contributed by atoms with van der Waals surface area (Å²) in [5.74, 6) is -0.163. The van der Waals surface area contributed by atoms with Crippen LogP contribution in [0.1, 0.15) is 85.1 Å². The second-order valence-electron chi connectivity index (χ2n) is 14.8. The molecule has 2 aliphatic heterocycles. The molecule has 3 amide bonds. The fraction of sp³-hybridized carbons (Fsp3) is 0.649. The number of ether oxygens (including phenoxy) is 1. The molecule has 1 aromatic rings. The largest absolute Gasteiger partial charge is 0.417 e. The van der Waals surface area contributed by atoms with Crippen LogP contribution in [0.3, 0.4) is 0 Å². The van der Waals surface area contributed by atoms with Crippen LogP contribution in [0.5, 0.6) is 5.75 Å². The van der Waals surface area contributed by atoms with Crippen molar-refractivity contribution in [3.63, 3.8) is 0 Å². The number of aliphatic imine (C=N–C) groups is 2. The average Bonchev–Trinajstić information content (AvgIpc) is 3.10. The minimum Gasteiger partial charge on any atom is -0.409 e. The molecule has 51 heavy (non-hydrogen) atoms. The van der Waals surface area contributed by atoms with E-state index >= 15 is 0 Å². The first-order chi connectivity index (χ1) is 24.2. The summed E-state index contributed by atoms with van der Waals surface area (Å²) in [5, 5.41) is 31.6. The molecule has 14 nitrogen and oxygen atoms in total. The highest BCUT2D eigenvalue weighted by molar-refractivity contribution is 6.04. The van der Waals surface area contributed by atoms with E-state index in [1.165, 1.54) is 0 Å². The number of hydrogen-bond donors (Lipinski definition) is 4. The monoisotopic (exact) mass is 704 g/mol. The van der Waals surface area contributed by atoms with Crippen LogP contribution in [0, 0.1) is 28.1 Å². The molecule has 2 heterocycles. The lowest BCUT2D eigenvalue weighted by atomic mass is 9.86. The van der Waals surface area contributed by atoms with E-state index in [1.54, 1.807) is 31.3 Å². The Morgan fingerprint density at radius 1 is 0.980 bits per heavy atom. The first-order valence-electron chi connectivity index (χ1n) is 17.9. The van der Waals surface area contributed by atoms with Gasteiger partial charge in [-0.25, -0.2) is 4.79 Å². The van der Waals surface area contributed by atoms with Gasteiger partial charge in [-0.15, -0.1) is 0 Å². The molecule has 278 valence electrons. The molecule has 2 fully saturated rings. The Bertz CT molecular complexity index is 1490.